The maximum absolute atomic E-state index is 12.4. The van der Waals surface area contributed by atoms with Gasteiger partial charge in [-0.3, -0.25) is 4.79 Å². The molecule has 0 radical (unpaired) electrons. The second-order valence-electron chi connectivity index (χ2n) is 7.84. The molecule has 7 heteroatoms. The van der Waals surface area contributed by atoms with E-state index in [-0.39, 0.29) is 12.0 Å². The molecule has 6 nitrogen and oxygen atoms in total. The number of rotatable bonds is 18. The number of hydrogen-bond donors (Lipinski definition) is 0. The first-order chi connectivity index (χ1) is 15.4. The van der Waals surface area contributed by atoms with E-state index >= 15 is 0 Å². The van der Waals surface area contributed by atoms with E-state index in [0.29, 0.717) is 31.6 Å². The average Bonchev–Trinajstić information content (AvgIpc) is 2.80. The number of allylic oxidation sites excluding steroid dienone is 2. The number of nitrogens with zero attached hydrogens (tertiary/aromatic N) is 1. The van der Waals surface area contributed by atoms with Gasteiger partial charge in [0.2, 0.25) is 5.91 Å². The van der Waals surface area contributed by atoms with Crippen LogP contribution in [0.4, 0.5) is 0 Å². The van der Waals surface area contributed by atoms with Gasteiger partial charge in [-0.15, -0.1) is 0 Å². The Kier molecular flexibility index (Phi) is 18.8. The van der Waals surface area contributed by atoms with Crippen LogP contribution in [0.5, 0.6) is 0 Å². The third-order valence-electron chi connectivity index (χ3n) is 5.22. The van der Waals surface area contributed by atoms with Crippen molar-refractivity contribution in [3.8, 4) is 0 Å². The second kappa shape index (κ2) is 19.9. The molecule has 0 aliphatic heterocycles. The highest BCUT2D eigenvalue weighted by molar-refractivity contribution is 6.25. The van der Waals surface area contributed by atoms with Gasteiger partial charge in [0.25, 0.3) is 0 Å². The normalized spacial score (nSPS) is 13.3. The van der Waals surface area contributed by atoms with Crippen LogP contribution < -0.4 is 0 Å². The summed E-state index contributed by atoms with van der Waals surface area (Å²) < 4.78 is 15.4. The van der Waals surface area contributed by atoms with Crippen molar-refractivity contribution in [3.63, 3.8) is 0 Å². The van der Waals surface area contributed by atoms with Crippen LogP contribution in [-0.4, -0.2) is 57.8 Å². The first kappa shape index (κ1) is 30.2. The number of esters is 1. The molecule has 1 unspecified atom stereocenters. The molecule has 32 heavy (non-hydrogen) atoms. The molecule has 0 aromatic rings. The molecule has 1 amide bonds. The number of carbonyl (C=O) groups is 2. The maximum Gasteiger partial charge on any atom is 0.333 e. The lowest BCUT2D eigenvalue weighted by Crippen LogP contribution is -2.28. The van der Waals surface area contributed by atoms with E-state index in [1.165, 1.54) is 57.9 Å². The van der Waals surface area contributed by atoms with Crippen LogP contribution in [0.1, 0.15) is 71.1 Å². The number of ether oxygens (including phenoxy) is 3. The van der Waals surface area contributed by atoms with Gasteiger partial charge < -0.3 is 19.1 Å². The molecule has 0 aromatic heterocycles. The first-order valence-corrected chi connectivity index (χ1v) is 11.9. The van der Waals surface area contributed by atoms with Crippen LogP contribution in [-0.2, 0) is 23.8 Å². The molecule has 0 aromatic carbocycles. The second-order valence-corrected chi connectivity index (χ2v) is 8.06. The van der Waals surface area contributed by atoms with E-state index in [4.69, 9.17) is 21.1 Å². The first-order valence-electron chi connectivity index (χ1n) is 11.4. The summed E-state index contributed by atoms with van der Waals surface area (Å²) in [5.41, 5.74) is 2.18. The standard InChI is InChI=1S/C25H42ClNO5/c1-6-7-8-9-11-14-22(30-3)15-12-10-13-16-24(28)27(2)20-21(19-26)17-23(31-4)18-25(29)32-5/h10,12,18-19,22H,6-9,11,13-17,20H2,1-5H3/b12-10+,21-19-,23-18+. The molecule has 0 fully saturated rings. The molecule has 0 saturated heterocycles. The number of hydrogen-bond acceptors (Lipinski definition) is 5. The molecule has 0 aliphatic carbocycles. The van der Waals surface area contributed by atoms with E-state index in [0.717, 1.165) is 18.4 Å². The van der Waals surface area contributed by atoms with Crippen LogP contribution in [0.2, 0.25) is 0 Å². The summed E-state index contributed by atoms with van der Waals surface area (Å²) in [7, 11) is 6.28. The molecule has 0 N–H and O–H groups in total. The fraction of sp³-hybridized carbons (Fsp3) is 0.680. The van der Waals surface area contributed by atoms with Gasteiger partial charge in [-0.05, 0) is 24.8 Å². The molecule has 0 bridgehead atoms. The van der Waals surface area contributed by atoms with Crippen LogP contribution in [0.3, 0.4) is 0 Å². The Morgan fingerprint density at radius 2 is 1.75 bits per heavy atom. The van der Waals surface area contributed by atoms with Crippen LogP contribution >= 0.6 is 11.6 Å². The number of methoxy groups -OCH3 is 3. The largest absolute Gasteiger partial charge is 0.500 e. The molecule has 0 rings (SSSR count). The Labute approximate surface area is 199 Å². The van der Waals surface area contributed by atoms with E-state index in [1.807, 2.05) is 0 Å². The minimum atomic E-state index is -0.501. The zero-order valence-corrected chi connectivity index (χ0v) is 21.3. The summed E-state index contributed by atoms with van der Waals surface area (Å²) in [5.74, 6) is -0.0504. The van der Waals surface area contributed by atoms with Crippen molar-refractivity contribution in [1.29, 1.82) is 0 Å². The number of unbranched alkanes of at least 4 members (excludes halogenated alkanes) is 4. The van der Waals surface area contributed by atoms with Crippen LogP contribution in [0.15, 0.2) is 35.1 Å². The van der Waals surface area contributed by atoms with Crippen LogP contribution in [0.25, 0.3) is 0 Å². The smallest absolute Gasteiger partial charge is 0.333 e. The fourth-order valence-corrected chi connectivity index (χ4v) is 3.34. The lowest BCUT2D eigenvalue weighted by atomic mass is 10.1. The minimum Gasteiger partial charge on any atom is -0.500 e. The summed E-state index contributed by atoms with van der Waals surface area (Å²) in [6.45, 7) is 2.58. The summed E-state index contributed by atoms with van der Waals surface area (Å²) in [6, 6.07) is 0. The highest BCUT2D eigenvalue weighted by atomic mass is 35.5. The van der Waals surface area contributed by atoms with Crippen molar-refractivity contribution < 1.29 is 23.8 Å². The number of likely N-dealkylation sites (N-methyl/N-ethyl adjacent to an activating group) is 1. The quantitative estimate of drug-likeness (QED) is 0.0835. The number of carbonyl (C=O) groups excluding carboxylic acids is 2. The molecule has 0 aliphatic rings. The highest BCUT2D eigenvalue weighted by Gasteiger charge is 2.13. The molecule has 1 atom stereocenters. The monoisotopic (exact) mass is 471 g/mol. The topological polar surface area (TPSA) is 65.1 Å². The molecule has 184 valence electrons. The van der Waals surface area contributed by atoms with E-state index in [9.17, 15) is 9.59 Å². The van der Waals surface area contributed by atoms with Gasteiger partial charge in [0.1, 0.15) is 5.76 Å². The lowest BCUT2D eigenvalue weighted by Gasteiger charge is -2.19. The Balaban J connectivity index is 4.35. The van der Waals surface area contributed by atoms with E-state index < -0.39 is 5.97 Å². The van der Waals surface area contributed by atoms with Gasteiger partial charge >= 0.3 is 5.97 Å². The molecule has 0 spiro atoms. The van der Waals surface area contributed by atoms with Gasteiger partial charge in [0.05, 0.1) is 26.4 Å². The van der Waals surface area contributed by atoms with Crippen molar-refractivity contribution in [2.75, 3.05) is 34.9 Å². The Morgan fingerprint density at radius 3 is 2.34 bits per heavy atom. The van der Waals surface area contributed by atoms with Gasteiger partial charge in [-0.2, -0.15) is 0 Å². The predicted molar refractivity (Wildman–Crippen MR) is 130 cm³/mol. The lowest BCUT2D eigenvalue weighted by molar-refractivity contribution is -0.135. The van der Waals surface area contributed by atoms with Crippen molar-refractivity contribution in [1.82, 2.24) is 4.90 Å². The van der Waals surface area contributed by atoms with Gasteiger partial charge in [-0.1, -0.05) is 62.8 Å². The molecule has 0 heterocycles. The van der Waals surface area contributed by atoms with E-state index in [1.54, 1.807) is 19.1 Å². The Hall–Kier alpha value is -1.79. The zero-order valence-electron chi connectivity index (χ0n) is 20.5. The summed E-state index contributed by atoms with van der Waals surface area (Å²) in [6.07, 6.45) is 15.4. The van der Waals surface area contributed by atoms with Gasteiger partial charge in [0, 0.05) is 39.1 Å². The number of amides is 1. The van der Waals surface area contributed by atoms with E-state index in [2.05, 4.69) is 23.8 Å². The third kappa shape index (κ3) is 15.1. The average molecular weight is 472 g/mol. The van der Waals surface area contributed by atoms with Crippen LogP contribution in [0, 0.1) is 0 Å². The summed E-state index contributed by atoms with van der Waals surface area (Å²) in [4.78, 5) is 25.5. The van der Waals surface area contributed by atoms with Crippen molar-refractivity contribution >= 4 is 23.5 Å². The molecular weight excluding hydrogens is 430 g/mol. The SMILES string of the molecule is CCCCCCCC(C/C=C/CCC(=O)N(C)C/C(=C\Cl)C/C(=C\C(=O)OC)OC)OC. The molecular formula is C25H42ClNO5. The molecule has 0 saturated carbocycles. The minimum absolute atomic E-state index is 0.0285. The highest BCUT2D eigenvalue weighted by Crippen LogP contribution is 2.15. The van der Waals surface area contributed by atoms with Crippen molar-refractivity contribution in [2.45, 2.75) is 77.2 Å². The Morgan fingerprint density at radius 1 is 1.03 bits per heavy atom. The van der Waals surface area contributed by atoms with Gasteiger partial charge in [0.15, 0.2) is 0 Å². The maximum atomic E-state index is 12.4. The zero-order chi connectivity index (χ0) is 24.2. The fourth-order valence-electron chi connectivity index (χ4n) is 3.19. The summed E-state index contributed by atoms with van der Waals surface area (Å²) >= 11 is 5.92. The summed E-state index contributed by atoms with van der Waals surface area (Å²) in [5, 5.41) is 0. The van der Waals surface area contributed by atoms with Gasteiger partial charge in [-0.25, -0.2) is 4.79 Å². The Bertz CT molecular complexity index is 615. The van der Waals surface area contributed by atoms with Crippen molar-refractivity contribution in [2.24, 2.45) is 0 Å². The number of halogens is 1. The van der Waals surface area contributed by atoms with Crippen molar-refractivity contribution in [3.05, 3.63) is 35.1 Å². The third-order valence-corrected chi connectivity index (χ3v) is 5.53. The predicted octanol–water partition coefficient (Wildman–Crippen LogP) is 5.76.